The van der Waals surface area contributed by atoms with Gasteiger partial charge in [0.15, 0.2) is 0 Å². The van der Waals surface area contributed by atoms with E-state index in [4.69, 9.17) is 4.74 Å². The summed E-state index contributed by atoms with van der Waals surface area (Å²) in [5.74, 6) is -0.0258. The zero-order chi connectivity index (χ0) is 50.0. The van der Waals surface area contributed by atoms with Crippen molar-refractivity contribution in [1.29, 1.82) is 0 Å². The minimum Gasteiger partial charge on any atom is -0.466 e. The van der Waals surface area contributed by atoms with Crippen LogP contribution in [0.25, 0.3) is 0 Å². The quantitative estimate of drug-likeness (QED) is 0.0321. The van der Waals surface area contributed by atoms with E-state index in [2.05, 4.69) is 31.3 Å². The number of hydrogen-bond donors (Lipinski definition) is 3. The average molecular weight is 975 g/mol. The van der Waals surface area contributed by atoms with Crippen LogP contribution in [-0.2, 0) is 14.3 Å². The number of amides is 1. The van der Waals surface area contributed by atoms with Gasteiger partial charge in [-0.25, -0.2) is 0 Å². The maximum atomic E-state index is 12.5. The molecule has 0 aromatic heterocycles. The summed E-state index contributed by atoms with van der Waals surface area (Å²) < 4.78 is 5.50. The molecule has 0 rings (SSSR count). The summed E-state index contributed by atoms with van der Waals surface area (Å²) >= 11 is 0. The molecule has 2 unspecified atom stereocenters. The third-order valence-corrected chi connectivity index (χ3v) is 14.8. The molecule has 0 bridgehead atoms. The number of aliphatic hydroxyl groups excluding tert-OH is 2. The van der Waals surface area contributed by atoms with Gasteiger partial charge in [0.05, 0.1) is 25.4 Å². The number of hydrogen-bond acceptors (Lipinski definition) is 5. The van der Waals surface area contributed by atoms with Crippen molar-refractivity contribution < 1.29 is 24.5 Å². The van der Waals surface area contributed by atoms with E-state index in [1.165, 1.54) is 283 Å². The first-order valence-corrected chi connectivity index (χ1v) is 31.4. The van der Waals surface area contributed by atoms with Gasteiger partial charge in [0.1, 0.15) is 0 Å². The van der Waals surface area contributed by atoms with E-state index in [0.717, 1.165) is 38.5 Å². The van der Waals surface area contributed by atoms with Crippen molar-refractivity contribution in [3.05, 3.63) is 12.2 Å². The fourth-order valence-corrected chi connectivity index (χ4v) is 9.99. The molecule has 0 heterocycles. The van der Waals surface area contributed by atoms with Crippen molar-refractivity contribution in [3.63, 3.8) is 0 Å². The van der Waals surface area contributed by atoms with Crippen LogP contribution in [0, 0.1) is 0 Å². The number of esters is 1. The van der Waals surface area contributed by atoms with E-state index in [1.807, 2.05) is 0 Å². The van der Waals surface area contributed by atoms with Gasteiger partial charge < -0.3 is 20.3 Å². The largest absolute Gasteiger partial charge is 0.466 e. The lowest BCUT2D eigenvalue weighted by atomic mass is 10.0. The van der Waals surface area contributed by atoms with Crippen LogP contribution >= 0.6 is 0 Å². The van der Waals surface area contributed by atoms with E-state index >= 15 is 0 Å². The Kier molecular flexibility index (Phi) is 58.0. The fourth-order valence-electron chi connectivity index (χ4n) is 9.99. The molecule has 0 aliphatic carbocycles. The molecule has 69 heavy (non-hydrogen) atoms. The molecule has 0 saturated heterocycles. The maximum absolute atomic E-state index is 12.5. The number of nitrogens with one attached hydrogen (secondary N) is 1. The average Bonchev–Trinajstić information content (AvgIpc) is 3.35. The molecule has 0 aliphatic rings. The monoisotopic (exact) mass is 974 g/mol. The number of allylic oxidation sites excluding steroid dienone is 2. The number of carbonyl (C=O) groups is 2. The summed E-state index contributed by atoms with van der Waals surface area (Å²) in [7, 11) is 0. The Morgan fingerprint density at radius 2 is 0.681 bits per heavy atom. The minimum absolute atomic E-state index is 0.0146. The van der Waals surface area contributed by atoms with E-state index in [-0.39, 0.29) is 18.5 Å². The first kappa shape index (κ1) is 67.6. The van der Waals surface area contributed by atoms with Crippen molar-refractivity contribution in [2.24, 2.45) is 0 Å². The molecule has 0 aromatic rings. The molecule has 410 valence electrons. The molecule has 3 N–H and O–H groups in total. The third kappa shape index (κ3) is 55.8. The third-order valence-electron chi connectivity index (χ3n) is 14.8. The predicted molar refractivity (Wildman–Crippen MR) is 301 cm³/mol. The number of aliphatic hydroxyl groups is 2. The van der Waals surface area contributed by atoms with Gasteiger partial charge in [-0.1, -0.05) is 302 Å². The zero-order valence-electron chi connectivity index (χ0n) is 46.8. The van der Waals surface area contributed by atoms with Gasteiger partial charge in [-0.2, -0.15) is 0 Å². The second-order valence-electron chi connectivity index (χ2n) is 21.7. The standard InChI is InChI=1S/C63H123NO5/c1-3-5-7-9-11-13-15-17-18-25-29-33-37-41-45-49-53-57-63(68)69-58-54-50-46-42-38-34-30-27-24-22-20-19-21-23-26-28-32-36-40-44-48-52-56-62(67)64-60(59-65)61(66)55-51-47-43-39-35-31-16-14-12-10-8-6-4-2/h21,23,60-61,65-66H,3-20,22,24-59H2,1-2H3,(H,64,67)/b23-21-. The Morgan fingerprint density at radius 1 is 0.391 bits per heavy atom. The Bertz CT molecular complexity index is 1030. The normalized spacial score (nSPS) is 12.6. The molecule has 1 amide bonds. The molecule has 0 aromatic carbocycles. The fraction of sp³-hybridized carbons (Fsp3) is 0.937. The summed E-state index contributed by atoms with van der Waals surface area (Å²) in [6, 6.07) is -0.545. The van der Waals surface area contributed by atoms with E-state index < -0.39 is 12.1 Å². The lowest BCUT2D eigenvalue weighted by Crippen LogP contribution is -2.45. The van der Waals surface area contributed by atoms with Crippen LogP contribution in [0.15, 0.2) is 12.2 Å². The summed E-state index contributed by atoms with van der Waals surface area (Å²) in [6.45, 7) is 4.97. The molecule has 0 fully saturated rings. The molecule has 0 radical (unpaired) electrons. The molecule has 2 atom stereocenters. The van der Waals surface area contributed by atoms with Crippen LogP contribution in [0.5, 0.6) is 0 Å². The van der Waals surface area contributed by atoms with Crippen molar-refractivity contribution >= 4 is 11.9 Å². The van der Waals surface area contributed by atoms with Crippen LogP contribution in [0.2, 0.25) is 0 Å². The van der Waals surface area contributed by atoms with Crippen LogP contribution in [0.4, 0.5) is 0 Å². The highest BCUT2D eigenvalue weighted by Crippen LogP contribution is 2.18. The molecule has 0 saturated carbocycles. The van der Waals surface area contributed by atoms with E-state index in [0.29, 0.717) is 25.9 Å². The predicted octanol–water partition coefficient (Wildman–Crippen LogP) is 19.6. The highest BCUT2D eigenvalue weighted by atomic mass is 16.5. The lowest BCUT2D eigenvalue weighted by molar-refractivity contribution is -0.143. The van der Waals surface area contributed by atoms with Gasteiger partial charge in [0.2, 0.25) is 5.91 Å². The second-order valence-corrected chi connectivity index (χ2v) is 21.7. The SMILES string of the molecule is CCCCCCCCCCCCCCCCCCCC(=O)OCCCCCCCCCCCCC/C=C\CCCCCCCCCC(=O)NC(CO)C(O)CCCCCCCCCCCCCCC. The number of carbonyl (C=O) groups excluding carboxylic acids is 2. The Balaban J connectivity index is 3.38. The van der Waals surface area contributed by atoms with Gasteiger partial charge in [-0.15, -0.1) is 0 Å². The molecular weight excluding hydrogens is 851 g/mol. The van der Waals surface area contributed by atoms with Crippen LogP contribution in [-0.4, -0.2) is 47.4 Å². The number of ether oxygens (including phenoxy) is 1. The molecule has 6 nitrogen and oxygen atoms in total. The van der Waals surface area contributed by atoms with Gasteiger partial charge in [0.25, 0.3) is 0 Å². The topological polar surface area (TPSA) is 95.9 Å². The first-order chi connectivity index (χ1) is 34.0. The summed E-state index contributed by atoms with van der Waals surface area (Å²) in [4.78, 5) is 24.5. The molecule has 0 spiro atoms. The van der Waals surface area contributed by atoms with Crippen molar-refractivity contribution in [2.75, 3.05) is 13.2 Å². The number of unbranched alkanes of at least 4 members (excludes halogenated alkanes) is 46. The summed E-state index contributed by atoms with van der Waals surface area (Å²) in [5.41, 5.74) is 0. The maximum Gasteiger partial charge on any atom is 0.305 e. The van der Waals surface area contributed by atoms with Gasteiger partial charge >= 0.3 is 5.97 Å². The number of rotatable bonds is 59. The van der Waals surface area contributed by atoms with Crippen LogP contribution in [0.1, 0.15) is 354 Å². The minimum atomic E-state index is -0.667. The summed E-state index contributed by atoms with van der Waals surface area (Å²) in [6.07, 6.45) is 70.8. The molecule has 0 aliphatic heterocycles. The summed E-state index contributed by atoms with van der Waals surface area (Å²) in [5, 5.41) is 23.2. The Labute approximate surface area is 431 Å². The zero-order valence-corrected chi connectivity index (χ0v) is 46.8. The smallest absolute Gasteiger partial charge is 0.305 e. The van der Waals surface area contributed by atoms with E-state index in [9.17, 15) is 19.8 Å². The van der Waals surface area contributed by atoms with Gasteiger partial charge in [-0.05, 0) is 51.4 Å². The van der Waals surface area contributed by atoms with Gasteiger partial charge in [0, 0.05) is 12.8 Å². The van der Waals surface area contributed by atoms with E-state index in [1.54, 1.807) is 0 Å². The van der Waals surface area contributed by atoms with Crippen molar-refractivity contribution in [3.8, 4) is 0 Å². The van der Waals surface area contributed by atoms with Crippen molar-refractivity contribution in [2.45, 2.75) is 366 Å². The second kappa shape index (κ2) is 59.2. The van der Waals surface area contributed by atoms with Crippen LogP contribution in [0.3, 0.4) is 0 Å². The molecule has 6 heteroatoms. The van der Waals surface area contributed by atoms with Crippen molar-refractivity contribution in [1.82, 2.24) is 5.32 Å². The van der Waals surface area contributed by atoms with Crippen LogP contribution < -0.4 is 5.32 Å². The highest BCUT2D eigenvalue weighted by molar-refractivity contribution is 5.76. The Morgan fingerprint density at radius 3 is 1.03 bits per heavy atom. The lowest BCUT2D eigenvalue weighted by Gasteiger charge is -2.22. The van der Waals surface area contributed by atoms with Gasteiger partial charge in [-0.3, -0.25) is 9.59 Å². The Hall–Kier alpha value is -1.40. The first-order valence-electron chi connectivity index (χ1n) is 31.4. The molecular formula is C63H123NO5. The highest BCUT2D eigenvalue weighted by Gasteiger charge is 2.20.